The van der Waals surface area contributed by atoms with E-state index in [1.807, 2.05) is 0 Å². The van der Waals surface area contributed by atoms with Crippen LogP contribution < -0.4 is 21.7 Å². The molecular weight excluding hydrogens is 244 g/mol. The smallest absolute Gasteiger partial charge is 0.198 e. The zero-order chi connectivity index (χ0) is 13.7. The fraction of sp³-hybridized carbons (Fsp3) is 0.0667. The van der Waals surface area contributed by atoms with Gasteiger partial charge < -0.3 is 0 Å². The van der Waals surface area contributed by atoms with Crippen molar-refractivity contribution >= 4 is 10.8 Å². The monoisotopic (exact) mass is 252 g/mol. The Bertz CT molecular complexity index is 1090. The van der Waals surface area contributed by atoms with Gasteiger partial charge >= 0.3 is 0 Å². The quantitative estimate of drug-likeness (QED) is 0.572. The molecule has 1 aromatic carbocycles. The molecule has 0 amide bonds. The van der Waals surface area contributed by atoms with Crippen molar-refractivity contribution in [2.75, 3.05) is 0 Å². The van der Waals surface area contributed by atoms with E-state index in [4.69, 9.17) is 0 Å². The van der Waals surface area contributed by atoms with Crippen LogP contribution in [0.4, 0.5) is 0 Å². The highest BCUT2D eigenvalue weighted by Gasteiger charge is 2.13. The van der Waals surface area contributed by atoms with Crippen LogP contribution in [0, 0.1) is 17.4 Å². The van der Waals surface area contributed by atoms with Crippen LogP contribution in [0.3, 0.4) is 0 Å². The lowest BCUT2D eigenvalue weighted by Gasteiger charge is -2.00. The summed E-state index contributed by atoms with van der Waals surface area (Å²) in [6.45, 7) is 1.69. The molecule has 3 rings (SSSR count). The second-order valence-corrected chi connectivity index (χ2v) is 4.47. The molecule has 0 heterocycles. The van der Waals surface area contributed by atoms with Crippen LogP contribution >= 0.6 is 0 Å². The third-order valence-electron chi connectivity index (χ3n) is 3.33. The standard InChI is InChI=1S/C15H8O4/c1-7-3-2-4-8-11(7)15(19)13-10(17)6-5-9(16)12(13)14(8)18/h2-6H,1H3. The van der Waals surface area contributed by atoms with Crippen molar-refractivity contribution in [2.45, 2.75) is 6.92 Å². The number of hydrogen-bond donors (Lipinski definition) is 0. The molecule has 0 fully saturated rings. The maximum absolute atomic E-state index is 12.4. The Labute approximate surface area is 105 Å². The summed E-state index contributed by atoms with van der Waals surface area (Å²) < 4.78 is 0. The average Bonchev–Trinajstić information content (AvgIpc) is 2.38. The first-order valence-corrected chi connectivity index (χ1v) is 5.72. The van der Waals surface area contributed by atoms with Crippen molar-refractivity contribution in [3.05, 3.63) is 87.2 Å². The van der Waals surface area contributed by atoms with E-state index < -0.39 is 21.7 Å². The Kier molecular flexibility index (Phi) is 2.22. The van der Waals surface area contributed by atoms with Crippen LogP contribution in [0.5, 0.6) is 0 Å². The summed E-state index contributed by atoms with van der Waals surface area (Å²) in [5.41, 5.74) is -1.62. The van der Waals surface area contributed by atoms with Crippen LogP contribution in [0.2, 0.25) is 0 Å². The van der Waals surface area contributed by atoms with Gasteiger partial charge in [0, 0.05) is 10.8 Å². The lowest BCUT2D eigenvalue weighted by Crippen LogP contribution is -2.28. The number of rotatable bonds is 0. The molecule has 19 heavy (non-hydrogen) atoms. The van der Waals surface area contributed by atoms with Crippen molar-refractivity contribution in [1.29, 1.82) is 0 Å². The number of fused-ring (bicyclic) bond motifs is 1. The van der Waals surface area contributed by atoms with E-state index in [0.29, 0.717) is 5.56 Å². The van der Waals surface area contributed by atoms with Crippen molar-refractivity contribution < 1.29 is 0 Å². The molecule has 0 spiro atoms. The summed E-state index contributed by atoms with van der Waals surface area (Å²) in [6.07, 6.45) is 0. The first kappa shape index (κ1) is 11.5. The van der Waals surface area contributed by atoms with E-state index in [-0.39, 0.29) is 21.2 Å². The summed E-state index contributed by atoms with van der Waals surface area (Å²) in [7, 11) is 0. The molecule has 0 N–H and O–H groups in total. The third kappa shape index (κ3) is 1.40. The second-order valence-electron chi connectivity index (χ2n) is 4.47. The van der Waals surface area contributed by atoms with Crippen molar-refractivity contribution in [1.82, 2.24) is 0 Å². The zero-order valence-electron chi connectivity index (χ0n) is 10.0. The molecule has 2 aliphatic rings. The Morgan fingerprint density at radius 3 is 1.95 bits per heavy atom. The molecule has 0 saturated carbocycles. The van der Waals surface area contributed by atoms with Gasteiger partial charge in [0.05, 0.1) is 10.4 Å². The fourth-order valence-electron chi connectivity index (χ4n) is 2.43. The van der Waals surface area contributed by atoms with Crippen LogP contribution in [0.1, 0.15) is 5.56 Å². The minimum absolute atomic E-state index is 0.195. The van der Waals surface area contributed by atoms with Gasteiger partial charge in [-0.1, -0.05) is 18.2 Å². The number of aryl methyl sites for hydroxylation is 1. The molecule has 4 nitrogen and oxygen atoms in total. The van der Waals surface area contributed by atoms with Gasteiger partial charge in [-0.05, 0) is 24.6 Å². The molecule has 0 bridgehead atoms. The highest BCUT2D eigenvalue weighted by atomic mass is 16.1. The van der Waals surface area contributed by atoms with Gasteiger partial charge in [0.2, 0.25) is 0 Å². The first-order chi connectivity index (χ1) is 9.02. The van der Waals surface area contributed by atoms with E-state index in [2.05, 4.69) is 0 Å². The fourth-order valence-corrected chi connectivity index (χ4v) is 2.43. The average molecular weight is 252 g/mol. The Hall–Kier alpha value is -2.62. The Balaban J connectivity index is 3.02. The topological polar surface area (TPSA) is 68.3 Å². The van der Waals surface area contributed by atoms with Crippen LogP contribution in [0.15, 0.2) is 49.5 Å². The third-order valence-corrected chi connectivity index (χ3v) is 3.33. The zero-order valence-corrected chi connectivity index (χ0v) is 10.0. The van der Waals surface area contributed by atoms with Gasteiger partial charge in [0.1, 0.15) is 0 Å². The molecule has 0 atom stereocenters. The molecule has 0 aliphatic heterocycles. The van der Waals surface area contributed by atoms with Gasteiger partial charge in [-0.3, -0.25) is 19.2 Å². The minimum atomic E-state index is -0.583. The second kappa shape index (κ2) is 3.68. The van der Waals surface area contributed by atoms with Crippen LogP contribution in [-0.4, -0.2) is 0 Å². The maximum Gasteiger partial charge on any atom is 0.198 e. The largest absolute Gasteiger partial charge is 0.289 e. The van der Waals surface area contributed by atoms with Gasteiger partial charge in [0.25, 0.3) is 0 Å². The molecule has 0 radical (unpaired) electrons. The predicted molar refractivity (Wildman–Crippen MR) is 71.4 cm³/mol. The normalized spacial score (nSPS) is 11.2. The highest BCUT2D eigenvalue weighted by molar-refractivity contribution is 5.85. The molecule has 0 aromatic heterocycles. The summed E-state index contributed by atoms with van der Waals surface area (Å²) in [4.78, 5) is 48.2. The van der Waals surface area contributed by atoms with Gasteiger partial charge in [-0.2, -0.15) is 0 Å². The van der Waals surface area contributed by atoms with Crippen molar-refractivity contribution in [3.8, 4) is 0 Å². The molecule has 4 heteroatoms. The SMILES string of the molecule is Cc1cccc2c(=O)c3c(=O)ccc(=O)c=3c(=O)c12. The summed E-state index contributed by atoms with van der Waals surface area (Å²) in [6, 6.07) is 6.92. The molecule has 1 aromatic rings. The van der Waals surface area contributed by atoms with Gasteiger partial charge in [-0.15, -0.1) is 0 Å². The van der Waals surface area contributed by atoms with E-state index >= 15 is 0 Å². The van der Waals surface area contributed by atoms with E-state index in [1.165, 1.54) is 6.07 Å². The minimum Gasteiger partial charge on any atom is -0.289 e. The van der Waals surface area contributed by atoms with Gasteiger partial charge in [-0.25, -0.2) is 0 Å². The number of hydrogen-bond acceptors (Lipinski definition) is 4. The Morgan fingerprint density at radius 1 is 0.737 bits per heavy atom. The van der Waals surface area contributed by atoms with E-state index in [9.17, 15) is 19.2 Å². The van der Waals surface area contributed by atoms with Crippen LogP contribution in [0.25, 0.3) is 10.8 Å². The highest BCUT2D eigenvalue weighted by Crippen LogP contribution is 2.10. The summed E-state index contributed by atoms with van der Waals surface area (Å²) in [5, 5.41) is -0.169. The van der Waals surface area contributed by atoms with E-state index in [0.717, 1.165) is 12.1 Å². The molecule has 92 valence electrons. The first-order valence-electron chi connectivity index (χ1n) is 5.72. The predicted octanol–water partition coefficient (Wildman–Crippen LogP) is 0.189. The lowest BCUT2D eigenvalue weighted by atomic mass is 10.0. The molecule has 0 unspecified atom stereocenters. The van der Waals surface area contributed by atoms with Crippen molar-refractivity contribution in [3.63, 3.8) is 0 Å². The molecule has 0 saturated heterocycles. The molecule has 2 aliphatic carbocycles. The Morgan fingerprint density at radius 2 is 1.32 bits per heavy atom. The number of benzene rings is 1. The van der Waals surface area contributed by atoms with Crippen molar-refractivity contribution in [2.24, 2.45) is 0 Å². The lowest BCUT2D eigenvalue weighted by molar-refractivity contribution is 1.30. The maximum atomic E-state index is 12.4. The van der Waals surface area contributed by atoms with Crippen LogP contribution in [-0.2, 0) is 0 Å². The van der Waals surface area contributed by atoms with Gasteiger partial charge in [0.15, 0.2) is 21.7 Å². The summed E-state index contributed by atoms with van der Waals surface area (Å²) >= 11 is 0. The molecular formula is C15H8O4. The van der Waals surface area contributed by atoms with E-state index in [1.54, 1.807) is 19.1 Å². The summed E-state index contributed by atoms with van der Waals surface area (Å²) in [5.74, 6) is 0.